The highest BCUT2D eigenvalue weighted by Gasteiger charge is 2.20. The van der Waals surface area contributed by atoms with Gasteiger partial charge in [0.2, 0.25) is 0 Å². The third kappa shape index (κ3) is 3.56. The van der Waals surface area contributed by atoms with Crippen LogP contribution in [0.4, 0.5) is 0 Å². The predicted octanol–water partition coefficient (Wildman–Crippen LogP) is 1.08. The van der Waals surface area contributed by atoms with E-state index in [0.717, 1.165) is 18.9 Å². The maximum Gasteiger partial charge on any atom is 0.0705 e. The zero-order valence-corrected chi connectivity index (χ0v) is 9.54. The normalized spacial score (nSPS) is 25.5. The molecule has 3 heteroatoms. The molecule has 2 N–H and O–H groups in total. The minimum Gasteiger partial charge on any atom is -0.380 e. The first-order chi connectivity index (χ1) is 6.80. The number of nitrogens with two attached hydrogens (primary N) is 1. The first-order valence-electron chi connectivity index (χ1n) is 5.75. The zero-order chi connectivity index (χ0) is 10.4. The van der Waals surface area contributed by atoms with Gasteiger partial charge >= 0.3 is 0 Å². The van der Waals surface area contributed by atoms with E-state index in [1.807, 2.05) is 0 Å². The van der Waals surface area contributed by atoms with Gasteiger partial charge in [0, 0.05) is 26.7 Å². The molecule has 0 aromatic carbocycles. The quantitative estimate of drug-likeness (QED) is 0.697. The number of nitrogens with zero attached hydrogens (tertiary/aromatic N) is 1. The van der Waals surface area contributed by atoms with Crippen LogP contribution in [0, 0.1) is 5.92 Å². The molecule has 1 aliphatic rings. The molecule has 0 spiro atoms. The lowest BCUT2D eigenvalue weighted by molar-refractivity contribution is 0.0920. The lowest BCUT2D eigenvalue weighted by atomic mass is 10.1. The number of likely N-dealkylation sites (tertiary alicyclic amines) is 1. The molecular weight excluding hydrogens is 176 g/mol. The van der Waals surface area contributed by atoms with Gasteiger partial charge in [-0.25, -0.2) is 0 Å². The van der Waals surface area contributed by atoms with Crippen molar-refractivity contribution in [1.29, 1.82) is 0 Å². The Morgan fingerprint density at radius 1 is 1.57 bits per heavy atom. The van der Waals surface area contributed by atoms with Gasteiger partial charge in [-0.2, -0.15) is 0 Å². The van der Waals surface area contributed by atoms with Crippen LogP contribution in [-0.4, -0.2) is 44.3 Å². The molecule has 0 amide bonds. The van der Waals surface area contributed by atoms with Crippen LogP contribution in [0.15, 0.2) is 0 Å². The number of methoxy groups -OCH3 is 1. The van der Waals surface area contributed by atoms with Crippen molar-refractivity contribution >= 4 is 0 Å². The first-order valence-corrected chi connectivity index (χ1v) is 5.75. The van der Waals surface area contributed by atoms with Crippen molar-refractivity contribution in [3.8, 4) is 0 Å². The predicted molar refractivity (Wildman–Crippen MR) is 59.3 cm³/mol. The topological polar surface area (TPSA) is 38.5 Å². The number of hydrogen-bond donors (Lipinski definition) is 1. The molecule has 0 aromatic rings. The second-order valence-electron chi connectivity index (χ2n) is 4.25. The van der Waals surface area contributed by atoms with Crippen molar-refractivity contribution < 1.29 is 4.74 Å². The van der Waals surface area contributed by atoms with E-state index in [1.54, 1.807) is 7.11 Å². The third-order valence-corrected chi connectivity index (χ3v) is 3.31. The minimum atomic E-state index is 0.246. The van der Waals surface area contributed by atoms with Gasteiger partial charge in [-0.1, -0.05) is 13.3 Å². The lowest BCUT2D eigenvalue weighted by Gasteiger charge is -2.19. The minimum absolute atomic E-state index is 0.246. The summed E-state index contributed by atoms with van der Waals surface area (Å²) in [5.41, 5.74) is 5.58. The monoisotopic (exact) mass is 200 g/mol. The number of hydrogen-bond acceptors (Lipinski definition) is 3. The molecule has 84 valence electrons. The Kier molecular flexibility index (Phi) is 5.45. The Bertz CT molecular complexity index is 148. The molecule has 1 heterocycles. The average Bonchev–Trinajstić information content (AvgIpc) is 2.67. The van der Waals surface area contributed by atoms with Crippen molar-refractivity contribution in [2.24, 2.45) is 11.7 Å². The van der Waals surface area contributed by atoms with Gasteiger partial charge in [0.1, 0.15) is 0 Å². The second-order valence-corrected chi connectivity index (χ2v) is 4.25. The van der Waals surface area contributed by atoms with Crippen molar-refractivity contribution in [1.82, 2.24) is 4.90 Å². The van der Waals surface area contributed by atoms with E-state index in [9.17, 15) is 0 Å². The Morgan fingerprint density at radius 3 is 2.86 bits per heavy atom. The van der Waals surface area contributed by atoms with Gasteiger partial charge in [-0.05, 0) is 25.3 Å². The van der Waals surface area contributed by atoms with Gasteiger partial charge in [-0.15, -0.1) is 0 Å². The smallest absolute Gasteiger partial charge is 0.0705 e. The van der Waals surface area contributed by atoms with E-state index in [2.05, 4.69) is 11.8 Å². The van der Waals surface area contributed by atoms with Crippen molar-refractivity contribution in [3.05, 3.63) is 0 Å². The molecule has 1 rings (SSSR count). The molecule has 0 aromatic heterocycles. The van der Waals surface area contributed by atoms with E-state index in [1.165, 1.54) is 25.9 Å². The maximum atomic E-state index is 5.58. The molecule has 2 unspecified atom stereocenters. The van der Waals surface area contributed by atoms with Crippen LogP contribution < -0.4 is 5.73 Å². The van der Waals surface area contributed by atoms with Crippen LogP contribution in [0.1, 0.15) is 26.2 Å². The summed E-state index contributed by atoms with van der Waals surface area (Å²) in [4.78, 5) is 2.54. The standard InChI is InChI=1S/C11H24N2O/c1-3-10-4-6-13(9-10)7-5-11(8-12)14-2/h10-11H,3-9,12H2,1-2H3. The SMILES string of the molecule is CCC1CCN(CCC(CN)OC)C1. The highest BCUT2D eigenvalue weighted by Crippen LogP contribution is 2.19. The lowest BCUT2D eigenvalue weighted by Crippen LogP contribution is -2.29. The fraction of sp³-hybridized carbons (Fsp3) is 1.00. The largest absolute Gasteiger partial charge is 0.380 e. The third-order valence-electron chi connectivity index (χ3n) is 3.31. The molecule has 2 atom stereocenters. The maximum absolute atomic E-state index is 5.58. The Labute approximate surface area is 87.6 Å². The summed E-state index contributed by atoms with van der Waals surface area (Å²) in [5.74, 6) is 0.925. The van der Waals surface area contributed by atoms with E-state index < -0.39 is 0 Å². The molecule has 3 nitrogen and oxygen atoms in total. The second kappa shape index (κ2) is 6.38. The summed E-state index contributed by atoms with van der Waals surface area (Å²) in [6.07, 6.45) is 4.01. The van der Waals surface area contributed by atoms with Crippen LogP contribution >= 0.6 is 0 Å². The van der Waals surface area contributed by atoms with E-state index in [-0.39, 0.29) is 6.10 Å². The van der Waals surface area contributed by atoms with Crippen LogP contribution in [-0.2, 0) is 4.74 Å². The molecule has 0 bridgehead atoms. The summed E-state index contributed by atoms with van der Waals surface area (Å²) in [6.45, 7) is 6.61. The first kappa shape index (κ1) is 12.0. The zero-order valence-electron chi connectivity index (χ0n) is 9.54. The molecule has 0 saturated carbocycles. The summed E-state index contributed by atoms with van der Waals surface area (Å²) in [6, 6.07) is 0. The summed E-state index contributed by atoms with van der Waals surface area (Å²) in [7, 11) is 1.75. The fourth-order valence-corrected chi connectivity index (χ4v) is 2.11. The van der Waals surface area contributed by atoms with Crippen molar-refractivity contribution in [2.45, 2.75) is 32.3 Å². The highest BCUT2D eigenvalue weighted by atomic mass is 16.5. The summed E-state index contributed by atoms with van der Waals surface area (Å²) in [5, 5.41) is 0. The molecule has 1 saturated heterocycles. The van der Waals surface area contributed by atoms with Gasteiger partial charge in [0.15, 0.2) is 0 Å². The Morgan fingerprint density at radius 2 is 2.36 bits per heavy atom. The van der Waals surface area contributed by atoms with Gasteiger partial charge in [-0.3, -0.25) is 0 Å². The molecular formula is C11H24N2O. The highest BCUT2D eigenvalue weighted by molar-refractivity contribution is 4.75. The summed E-state index contributed by atoms with van der Waals surface area (Å²) < 4.78 is 5.26. The Hall–Kier alpha value is -0.120. The van der Waals surface area contributed by atoms with Gasteiger partial charge < -0.3 is 15.4 Å². The van der Waals surface area contributed by atoms with E-state index in [0.29, 0.717) is 6.54 Å². The molecule has 1 aliphatic heterocycles. The number of ether oxygens (including phenoxy) is 1. The number of rotatable bonds is 6. The molecule has 0 aliphatic carbocycles. The van der Waals surface area contributed by atoms with Gasteiger partial charge in [0.05, 0.1) is 6.10 Å². The van der Waals surface area contributed by atoms with Gasteiger partial charge in [0.25, 0.3) is 0 Å². The molecule has 0 radical (unpaired) electrons. The Balaban J connectivity index is 2.13. The van der Waals surface area contributed by atoms with Crippen LogP contribution in [0.3, 0.4) is 0 Å². The summed E-state index contributed by atoms with van der Waals surface area (Å²) >= 11 is 0. The average molecular weight is 200 g/mol. The van der Waals surface area contributed by atoms with Crippen molar-refractivity contribution in [3.63, 3.8) is 0 Å². The fourth-order valence-electron chi connectivity index (χ4n) is 2.11. The van der Waals surface area contributed by atoms with Crippen molar-refractivity contribution in [2.75, 3.05) is 33.3 Å². The van der Waals surface area contributed by atoms with Crippen LogP contribution in [0.5, 0.6) is 0 Å². The van der Waals surface area contributed by atoms with Crippen LogP contribution in [0.2, 0.25) is 0 Å². The van der Waals surface area contributed by atoms with Crippen LogP contribution in [0.25, 0.3) is 0 Å². The van der Waals surface area contributed by atoms with E-state index >= 15 is 0 Å². The van der Waals surface area contributed by atoms with E-state index in [4.69, 9.17) is 10.5 Å². The molecule has 1 fully saturated rings. The molecule has 14 heavy (non-hydrogen) atoms.